The van der Waals surface area contributed by atoms with Crippen molar-refractivity contribution >= 4 is 34.8 Å². The van der Waals surface area contributed by atoms with Crippen LogP contribution >= 0.6 is 15.9 Å². The van der Waals surface area contributed by atoms with Crippen molar-refractivity contribution < 1.29 is 28.5 Å². The Labute approximate surface area is 222 Å². The number of aryl methyl sites for hydroxylation is 1. The number of benzene rings is 1. The number of ether oxygens (including phenoxy) is 2. The summed E-state index contributed by atoms with van der Waals surface area (Å²) in [6.45, 7) is 19.0. The van der Waals surface area contributed by atoms with Crippen molar-refractivity contribution in [3.05, 3.63) is 43.8 Å². The quantitative estimate of drug-likeness (QED) is 0.240. The smallest absolute Gasteiger partial charge is 0.487 e. The van der Waals surface area contributed by atoms with Crippen LogP contribution in [0.1, 0.15) is 67.4 Å². The third-order valence-corrected chi connectivity index (χ3v) is 7.04. The van der Waals surface area contributed by atoms with E-state index in [0.717, 1.165) is 21.9 Å². The predicted molar refractivity (Wildman–Crippen MR) is 143 cm³/mol. The molecule has 0 aliphatic carbocycles. The molecular formula is C25H38BBrN2O7. The zero-order valence-corrected chi connectivity index (χ0v) is 24.4. The fourth-order valence-electron chi connectivity index (χ4n) is 3.45. The number of nitro groups is 1. The van der Waals surface area contributed by atoms with Gasteiger partial charge in [-0.15, -0.1) is 0 Å². The van der Waals surface area contributed by atoms with Crippen molar-refractivity contribution in [3.8, 4) is 5.75 Å². The first kappa shape index (κ1) is 30.1. The summed E-state index contributed by atoms with van der Waals surface area (Å²) in [5.41, 5.74) is 0.806. The second kappa shape index (κ2) is 11.5. The highest BCUT2D eigenvalue weighted by atomic mass is 79.9. The molecule has 1 fully saturated rings. The molecule has 11 heteroatoms. The lowest BCUT2D eigenvalue weighted by Crippen LogP contribution is -2.41. The molecule has 0 saturated carbocycles. The lowest BCUT2D eigenvalue weighted by molar-refractivity contribution is -0.385. The number of hydrogen-bond donors (Lipinski definition) is 0. The minimum Gasteiger partial charge on any atom is -0.487 e. The van der Waals surface area contributed by atoms with Gasteiger partial charge in [-0.2, -0.15) is 0 Å². The molecule has 36 heavy (non-hydrogen) atoms. The Hall–Kier alpha value is -2.11. The van der Waals surface area contributed by atoms with E-state index >= 15 is 0 Å². The zero-order valence-electron chi connectivity index (χ0n) is 22.8. The van der Waals surface area contributed by atoms with Gasteiger partial charge in [0.1, 0.15) is 5.60 Å². The first-order valence-corrected chi connectivity index (χ1v) is 12.9. The molecule has 0 atom stereocenters. The van der Waals surface area contributed by atoms with Gasteiger partial charge in [0.05, 0.1) is 22.7 Å². The summed E-state index contributed by atoms with van der Waals surface area (Å²) in [7, 11) is -0.314. The van der Waals surface area contributed by atoms with Gasteiger partial charge < -0.3 is 23.7 Å². The molecule has 1 saturated heterocycles. The van der Waals surface area contributed by atoms with E-state index in [-0.39, 0.29) is 30.1 Å². The SMILES string of the molecule is CC(C)(C)OC(=O)N1CC=C(B2OC(C)(C)C(C)(C)O2)CC1.CCOc1cc(Br)c(C)cc1[N+](=O)[O-]. The number of nitro benzene ring substituents is 1. The minimum absolute atomic E-state index is 0.00699. The molecule has 0 spiro atoms. The fourth-order valence-corrected chi connectivity index (χ4v) is 3.77. The molecule has 2 aliphatic rings. The molecule has 0 radical (unpaired) electrons. The standard InChI is InChI=1S/C16H28BNO4.C9H10BrNO3/c1-14(2,3)20-13(19)18-10-8-12(9-11-18)17-21-15(4,5)16(6,7)22-17;1-3-14-9-5-7(10)6(2)4-8(9)11(12)13/h8H,9-11H2,1-7H3;4-5H,3H2,1-2H3. The molecule has 1 aromatic carbocycles. The van der Waals surface area contributed by atoms with Crippen LogP contribution in [0, 0.1) is 17.0 Å². The topological polar surface area (TPSA) is 100 Å². The average Bonchev–Trinajstić information content (AvgIpc) is 2.97. The molecular weight excluding hydrogens is 531 g/mol. The van der Waals surface area contributed by atoms with Gasteiger partial charge >= 0.3 is 18.9 Å². The summed E-state index contributed by atoms with van der Waals surface area (Å²) >= 11 is 3.30. The Morgan fingerprint density at radius 3 is 2.25 bits per heavy atom. The Balaban J connectivity index is 0.000000281. The Morgan fingerprint density at radius 2 is 1.81 bits per heavy atom. The molecule has 0 unspecified atom stereocenters. The highest BCUT2D eigenvalue weighted by molar-refractivity contribution is 9.10. The summed E-state index contributed by atoms with van der Waals surface area (Å²) in [5, 5.41) is 10.7. The Morgan fingerprint density at radius 1 is 1.22 bits per heavy atom. The van der Waals surface area contributed by atoms with E-state index in [2.05, 4.69) is 15.9 Å². The van der Waals surface area contributed by atoms with Crippen LogP contribution in [0.25, 0.3) is 0 Å². The van der Waals surface area contributed by atoms with Crippen LogP contribution < -0.4 is 4.74 Å². The van der Waals surface area contributed by atoms with E-state index in [1.165, 1.54) is 6.07 Å². The number of nitrogens with zero attached hydrogens (tertiary/aromatic N) is 2. The summed E-state index contributed by atoms with van der Waals surface area (Å²) in [5.74, 6) is 0.301. The van der Waals surface area contributed by atoms with E-state index < -0.39 is 10.5 Å². The number of halogens is 1. The van der Waals surface area contributed by atoms with Gasteiger partial charge in [-0.25, -0.2) is 4.79 Å². The largest absolute Gasteiger partial charge is 0.490 e. The number of hydrogen-bond acceptors (Lipinski definition) is 7. The molecule has 0 N–H and O–H groups in total. The number of amides is 1. The molecule has 1 aromatic rings. The summed E-state index contributed by atoms with van der Waals surface area (Å²) in [6, 6.07) is 3.12. The summed E-state index contributed by atoms with van der Waals surface area (Å²) < 4.78 is 23.5. The van der Waals surface area contributed by atoms with Gasteiger partial charge in [0.25, 0.3) is 0 Å². The second-order valence-electron chi connectivity index (χ2n) is 10.8. The third-order valence-electron chi connectivity index (χ3n) is 6.19. The molecule has 2 aliphatic heterocycles. The van der Waals surface area contributed by atoms with Crippen LogP contribution in [-0.2, 0) is 14.0 Å². The minimum atomic E-state index is -0.465. The highest BCUT2D eigenvalue weighted by Gasteiger charge is 2.52. The lowest BCUT2D eigenvalue weighted by Gasteiger charge is -2.32. The summed E-state index contributed by atoms with van der Waals surface area (Å²) in [6.07, 6.45) is 2.50. The number of carbonyl (C=O) groups excluding carboxylic acids is 1. The third kappa shape index (κ3) is 7.70. The molecule has 0 bridgehead atoms. The van der Waals surface area contributed by atoms with Crippen LogP contribution in [0.4, 0.5) is 10.5 Å². The van der Waals surface area contributed by atoms with Crippen LogP contribution in [0.2, 0.25) is 0 Å². The van der Waals surface area contributed by atoms with Crippen molar-refractivity contribution in [1.29, 1.82) is 0 Å². The molecule has 3 rings (SSSR count). The first-order valence-electron chi connectivity index (χ1n) is 12.1. The molecule has 2 heterocycles. The molecule has 1 amide bonds. The van der Waals surface area contributed by atoms with Crippen molar-refractivity contribution in [2.24, 2.45) is 0 Å². The lowest BCUT2D eigenvalue weighted by atomic mass is 9.75. The molecule has 0 aromatic heterocycles. The van der Waals surface area contributed by atoms with Gasteiger partial charge in [0.15, 0.2) is 5.75 Å². The van der Waals surface area contributed by atoms with Crippen LogP contribution in [0.5, 0.6) is 5.75 Å². The van der Waals surface area contributed by atoms with E-state index in [1.807, 2.05) is 54.5 Å². The van der Waals surface area contributed by atoms with Gasteiger partial charge in [-0.1, -0.05) is 22.0 Å². The maximum atomic E-state index is 12.1. The second-order valence-corrected chi connectivity index (χ2v) is 11.7. The van der Waals surface area contributed by atoms with Gasteiger partial charge in [0.2, 0.25) is 0 Å². The van der Waals surface area contributed by atoms with Crippen molar-refractivity contribution in [2.45, 2.75) is 85.5 Å². The van der Waals surface area contributed by atoms with Crippen molar-refractivity contribution in [2.75, 3.05) is 19.7 Å². The monoisotopic (exact) mass is 568 g/mol. The van der Waals surface area contributed by atoms with E-state index in [9.17, 15) is 14.9 Å². The van der Waals surface area contributed by atoms with Crippen LogP contribution in [0.15, 0.2) is 28.2 Å². The van der Waals surface area contributed by atoms with E-state index in [0.29, 0.717) is 25.4 Å². The molecule has 200 valence electrons. The van der Waals surface area contributed by atoms with Crippen molar-refractivity contribution in [1.82, 2.24) is 4.90 Å². The van der Waals surface area contributed by atoms with Gasteiger partial charge in [-0.05, 0) is 79.8 Å². The van der Waals surface area contributed by atoms with Crippen molar-refractivity contribution in [3.63, 3.8) is 0 Å². The normalized spacial score (nSPS) is 18.7. The fraction of sp³-hybridized carbons (Fsp3) is 0.640. The van der Waals surface area contributed by atoms with Gasteiger partial charge in [0, 0.05) is 29.7 Å². The maximum Gasteiger partial charge on any atom is 0.490 e. The zero-order chi connectivity index (χ0) is 27.5. The van der Waals surface area contributed by atoms with Gasteiger partial charge in [-0.3, -0.25) is 10.1 Å². The van der Waals surface area contributed by atoms with Crippen LogP contribution in [-0.4, -0.2) is 59.5 Å². The van der Waals surface area contributed by atoms with Crippen LogP contribution in [0.3, 0.4) is 0 Å². The van der Waals surface area contributed by atoms with E-state index in [4.69, 9.17) is 18.8 Å². The maximum absolute atomic E-state index is 12.1. The highest BCUT2D eigenvalue weighted by Crippen LogP contribution is 2.39. The first-order chi connectivity index (χ1) is 16.5. The molecule has 9 nitrogen and oxygen atoms in total. The number of carbonyl (C=O) groups is 1. The summed E-state index contributed by atoms with van der Waals surface area (Å²) in [4.78, 5) is 24.0. The average molecular weight is 569 g/mol. The van der Waals surface area contributed by atoms with E-state index in [1.54, 1.807) is 24.8 Å². The Bertz CT molecular complexity index is 989. The predicted octanol–water partition coefficient (Wildman–Crippen LogP) is 6.25. The Kier molecular flexibility index (Phi) is 9.64. The number of rotatable bonds is 4.